The summed E-state index contributed by atoms with van der Waals surface area (Å²) in [5, 5.41) is 3.24. The van der Waals surface area contributed by atoms with E-state index in [1.807, 2.05) is 6.92 Å². The Bertz CT molecular complexity index is 337. The predicted molar refractivity (Wildman–Crippen MR) is 75.1 cm³/mol. The second-order valence-corrected chi connectivity index (χ2v) is 8.24. The van der Waals surface area contributed by atoms with Crippen LogP contribution in [-0.2, 0) is 9.84 Å². The largest absolute Gasteiger partial charge is 0.317 e. The number of nitrogens with one attached hydrogen (secondary N) is 1. The lowest BCUT2D eigenvalue weighted by Crippen LogP contribution is -2.30. The fraction of sp³-hybridized carbons (Fsp3) is 0.846. The van der Waals surface area contributed by atoms with Crippen molar-refractivity contribution in [2.75, 3.05) is 18.8 Å². The Morgan fingerprint density at radius 2 is 1.88 bits per heavy atom. The van der Waals surface area contributed by atoms with E-state index in [0.717, 1.165) is 25.1 Å². The molecule has 0 aromatic heterocycles. The number of allylic oxidation sites excluding steroid dienone is 1. The van der Waals surface area contributed by atoms with Crippen molar-refractivity contribution in [2.45, 2.75) is 52.2 Å². The van der Waals surface area contributed by atoms with Crippen LogP contribution in [0.2, 0.25) is 0 Å². The van der Waals surface area contributed by atoms with Crippen LogP contribution in [0.5, 0.6) is 0 Å². The maximum absolute atomic E-state index is 11.9. The van der Waals surface area contributed by atoms with Crippen LogP contribution in [0.15, 0.2) is 11.6 Å². The van der Waals surface area contributed by atoms with Crippen molar-refractivity contribution in [1.82, 2.24) is 5.32 Å². The Morgan fingerprint density at radius 1 is 1.29 bits per heavy atom. The topological polar surface area (TPSA) is 46.2 Å². The smallest absolute Gasteiger partial charge is 0.155 e. The Hall–Kier alpha value is -0.350. The molecule has 0 fully saturated rings. The molecule has 0 aliphatic rings. The number of rotatable bonds is 7. The van der Waals surface area contributed by atoms with Crippen LogP contribution in [0.25, 0.3) is 0 Å². The van der Waals surface area contributed by atoms with Gasteiger partial charge in [0.05, 0.1) is 10.5 Å². The number of hydrogen-bond acceptors (Lipinski definition) is 3. The van der Waals surface area contributed by atoms with Gasteiger partial charge in [0.25, 0.3) is 0 Å². The van der Waals surface area contributed by atoms with Gasteiger partial charge in [-0.25, -0.2) is 8.42 Å². The average molecular weight is 261 g/mol. The first kappa shape index (κ1) is 16.6. The Morgan fingerprint density at radius 3 is 2.35 bits per heavy atom. The molecule has 0 spiro atoms. The Balaban J connectivity index is 4.12. The number of hydrogen-bond donors (Lipinski definition) is 1. The molecule has 17 heavy (non-hydrogen) atoms. The van der Waals surface area contributed by atoms with Gasteiger partial charge in [0.15, 0.2) is 9.84 Å². The molecule has 0 aromatic rings. The van der Waals surface area contributed by atoms with E-state index in [1.165, 1.54) is 0 Å². The van der Waals surface area contributed by atoms with Gasteiger partial charge in [-0.15, -0.1) is 0 Å². The number of sulfone groups is 1. The summed E-state index contributed by atoms with van der Waals surface area (Å²) >= 11 is 0. The summed E-state index contributed by atoms with van der Waals surface area (Å²) < 4.78 is 23.1. The zero-order valence-corrected chi connectivity index (χ0v) is 12.7. The maximum Gasteiger partial charge on any atom is 0.155 e. The minimum absolute atomic E-state index is 0.250. The monoisotopic (exact) mass is 261 g/mol. The lowest BCUT2D eigenvalue weighted by molar-refractivity contribution is 0.559. The normalized spacial score (nSPS) is 14.1. The highest BCUT2D eigenvalue weighted by atomic mass is 32.2. The fourth-order valence-electron chi connectivity index (χ4n) is 1.30. The van der Waals surface area contributed by atoms with Crippen molar-refractivity contribution in [1.29, 1.82) is 0 Å². The summed E-state index contributed by atoms with van der Waals surface area (Å²) in [6.45, 7) is 11.3. The first-order valence-electron chi connectivity index (χ1n) is 6.29. The molecule has 0 aliphatic carbocycles. The second kappa shape index (κ2) is 7.17. The Labute approximate surface area is 107 Å². The molecule has 0 rings (SSSR count). The first-order chi connectivity index (χ1) is 7.70. The summed E-state index contributed by atoms with van der Waals surface area (Å²) in [4.78, 5) is 0. The highest BCUT2D eigenvalue weighted by Gasteiger charge is 2.28. The zero-order valence-electron chi connectivity index (χ0n) is 11.8. The van der Waals surface area contributed by atoms with Gasteiger partial charge in [-0.1, -0.05) is 18.6 Å². The van der Waals surface area contributed by atoms with E-state index in [2.05, 4.69) is 18.3 Å². The standard InChI is InChI=1S/C13H27NO2S/c1-6-14-10-7-8-12(2)9-11-17(15,16)13(3,4)5/h8,14H,6-7,9-11H2,1-5H3/b12-8-. The molecular formula is C13H27NO2S. The van der Waals surface area contributed by atoms with Gasteiger partial charge in [0, 0.05) is 0 Å². The van der Waals surface area contributed by atoms with Crippen LogP contribution in [0.4, 0.5) is 0 Å². The molecule has 3 nitrogen and oxygen atoms in total. The molecule has 0 aliphatic heterocycles. The third-order valence-electron chi connectivity index (χ3n) is 2.76. The predicted octanol–water partition coefficient (Wildman–Crippen LogP) is 2.54. The highest BCUT2D eigenvalue weighted by molar-refractivity contribution is 7.92. The molecular weight excluding hydrogens is 234 g/mol. The average Bonchev–Trinajstić information content (AvgIpc) is 2.20. The molecule has 0 bridgehead atoms. The Kier molecular flexibility index (Phi) is 7.02. The van der Waals surface area contributed by atoms with E-state index in [0.29, 0.717) is 6.42 Å². The molecule has 0 saturated heterocycles. The molecule has 4 heteroatoms. The quantitative estimate of drug-likeness (QED) is 0.566. The van der Waals surface area contributed by atoms with Crippen LogP contribution < -0.4 is 5.32 Å². The van der Waals surface area contributed by atoms with Crippen molar-refractivity contribution in [2.24, 2.45) is 0 Å². The van der Waals surface area contributed by atoms with Crippen LogP contribution in [-0.4, -0.2) is 32.0 Å². The van der Waals surface area contributed by atoms with Crippen LogP contribution in [0.3, 0.4) is 0 Å². The van der Waals surface area contributed by atoms with Crippen molar-refractivity contribution >= 4 is 9.84 Å². The summed E-state index contributed by atoms with van der Waals surface area (Å²) in [6, 6.07) is 0. The molecule has 1 N–H and O–H groups in total. The molecule has 0 unspecified atom stereocenters. The lowest BCUT2D eigenvalue weighted by Gasteiger charge is -2.19. The molecule has 102 valence electrons. The third kappa shape index (κ3) is 6.84. The zero-order chi connectivity index (χ0) is 13.5. The second-order valence-electron chi connectivity index (χ2n) is 5.37. The maximum atomic E-state index is 11.9. The fourth-order valence-corrected chi connectivity index (χ4v) is 2.50. The van der Waals surface area contributed by atoms with E-state index in [-0.39, 0.29) is 5.75 Å². The van der Waals surface area contributed by atoms with Gasteiger partial charge in [0.1, 0.15) is 0 Å². The van der Waals surface area contributed by atoms with Crippen LogP contribution in [0.1, 0.15) is 47.5 Å². The van der Waals surface area contributed by atoms with Crippen LogP contribution in [0, 0.1) is 0 Å². The van der Waals surface area contributed by atoms with E-state index in [1.54, 1.807) is 20.8 Å². The molecule has 0 heterocycles. The molecule has 0 aromatic carbocycles. The van der Waals surface area contributed by atoms with Gasteiger partial charge in [-0.2, -0.15) is 0 Å². The van der Waals surface area contributed by atoms with Gasteiger partial charge >= 0.3 is 0 Å². The van der Waals surface area contributed by atoms with E-state index in [4.69, 9.17) is 0 Å². The van der Waals surface area contributed by atoms with Crippen molar-refractivity contribution in [3.63, 3.8) is 0 Å². The summed E-state index contributed by atoms with van der Waals surface area (Å²) in [5.74, 6) is 0.250. The SMILES string of the molecule is CCNCC/C=C(/C)CCS(=O)(=O)C(C)(C)C. The van der Waals surface area contributed by atoms with Crippen molar-refractivity contribution in [3.8, 4) is 0 Å². The van der Waals surface area contributed by atoms with Crippen molar-refractivity contribution in [3.05, 3.63) is 11.6 Å². The summed E-state index contributed by atoms with van der Waals surface area (Å²) in [6.07, 6.45) is 3.74. The molecule has 0 radical (unpaired) electrons. The summed E-state index contributed by atoms with van der Waals surface area (Å²) in [7, 11) is -2.98. The molecule has 0 atom stereocenters. The third-order valence-corrected chi connectivity index (χ3v) is 5.37. The van der Waals surface area contributed by atoms with Gasteiger partial charge in [-0.05, 0) is 53.6 Å². The van der Waals surface area contributed by atoms with Gasteiger partial charge < -0.3 is 5.32 Å². The van der Waals surface area contributed by atoms with E-state index < -0.39 is 14.6 Å². The minimum Gasteiger partial charge on any atom is -0.317 e. The van der Waals surface area contributed by atoms with E-state index >= 15 is 0 Å². The van der Waals surface area contributed by atoms with Gasteiger partial charge in [-0.3, -0.25) is 0 Å². The molecule has 0 saturated carbocycles. The minimum atomic E-state index is -2.98. The first-order valence-corrected chi connectivity index (χ1v) is 7.94. The summed E-state index contributed by atoms with van der Waals surface area (Å²) in [5.41, 5.74) is 1.16. The van der Waals surface area contributed by atoms with Gasteiger partial charge in [0.2, 0.25) is 0 Å². The van der Waals surface area contributed by atoms with Crippen LogP contribution >= 0.6 is 0 Å². The van der Waals surface area contributed by atoms with E-state index in [9.17, 15) is 8.42 Å². The highest BCUT2D eigenvalue weighted by Crippen LogP contribution is 2.18. The molecule has 0 amide bonds. The lowest BCUT2D eigenvalue weighted by atomic mass is 10.2. The van der Waals surface area contributed by atoms with Crippen molar-refractivity contribution < 1.29 is 8.42 Å².